The molecule has 0 aromatic heterocycles. The maximum Gasteiger partial charge on any atom is 0.288 e. The van der Waals surface area contributed by atoms with E-state index in [1.165, 1.54) is 17.2 Å². The zero-order valence-electron chi connectivity index (χ0n) is 18.5. The van der Waals surface area contributed by atoms with Crippen LogP contribution in [0.15, 0.2) is 72.8 Å². The van der Waals surface area contributed by atoms with Crippen LogP contribution in [0.2, 0.25) is 5.02 Å². The van der Waals surface area contributed by atoms with Gasteiger partial charge in [-0.25, -0.2) is 9.96 Å². The summed E-state index contributed by atoms with van der Waals surface area (Å²) >= 11 is 6.03. The van der Waals surface area contributed by atoms with Gasteiger partial charge in [-0.3, -0.25) is 24.5 Å². The summed E-state index contributed by atoms with van der Waals surface area (Å²) in [6, 6.07) is 19.2. The van der Waals surface area contributed by atoms with Crippen molar-refractivity contribution in [2.24, 2.45) is 5.92 Å². The first-order chi connectivity index (χ1) is 16.9. The Bertz CT molecular complexity index is 1300. The number of para-hydroxylation sites is 1. The lowest BCUT2D eigenvalue weighted by Gasteiger charge is -2.28. The molecule has 2 fully saturated rings. The van der Waals surface area contributed by atoms with E-state index in [0.717, 1.165) is 4.90 Å². The van der Waals surface area contributed by atoms with E-state index in [0.29, 0.717) is 29.3 Å². The van der Waals surface area contributed by atoms with Crippen LogP contribution in [0.5, 0.6) is 5.75 Å². The molecule has 5 rings (SSSR count). The Morgan fingerprint density at radius 3 is 2.37 bits per heavy atom. The summed E-state index contributed by atoms with van der Waals surface area (Å²) in [5.41, 5.74) is 1.15. The number of fused-ring (bicyclic) bond motifs is 1. The third-order valence-electron chi connectivity index (χ3n) is 6.04. The van der Waals surface area contributed by atoms with Gasteiger partial charge in [0.25, 0.3) is 11.6 Å². The Balaban J connectivity index is 1.57. The number of imide groups is 1. The topological polar surface area (TPSA) is 102 Å². The molecule has 3 aromatic carbocycles. The highest BCUT2D eigenvalue weighted by Crippen LogP contribution is 2.48. The van der Waals surface area contributed by atoms with Gasteiger partial charge >= 0.3 is 0 Å². The minimum atomic E-state index is -1.09. The number of nitrogens with zero attached hydrogens (tertiary/aromatic N) is 3. The third kappa shape index (κ3) is 3.88. The van der Waals surface area contributed by atoms with Gasteiger partial charge in [0, 0.05) is 6.07 Å². The van der Waals surface area contributed by atoms with Crippen LogP contribution in [0.25, 0.3) is 0 Å². The van der Waals surface area contributed by atoms with E-state index in [1.807, 2.05) is 13.0 Å². The molecule has 3 atom stereocenters. The maximum atomic E-state index is 13.7. The van der Waals surface area contributed by atoms with Gasteiger partial charge in [-0.1, -0.05) is 35.9 Å². The normalized spacial score (nSPS) is 21.4. The molecule has 2 heterocycles. The summed E-state index contributed by atoms with van der Waals surface area (Å²) < 4.78 is 5.44. The fourth-order valence-electron chi connectivity index (χ4n) is 4.52. The largest absolute Gasteiger partial charge is 0.494 e. The molecular weight excluding hydrogens is 474 g/mol. The van der Waals surface area contributed by atoms with Crippen molar-refractivity contribution in [1.29, 1.82) is 0 Å². The Labute approximate surface area is 205 Å². The van der Waals surface area contributed by atoms with Gasteiger partial charge in [-0.2, -0.15) is 0 Å². The summed E-state index contributed by atoms with van der Waals surface area (Å²) in [6.45, 7) is 2.35. The zero-order valence-corrected chi connectivity index (χ0v) is 19.3. The summed E-state index contributed by atoms with van der Waals surface area (Å²) in [4.78, 5) is 45.2. The maximum absolute atomic E-state index is 13.7. The number of carbonyl (C=O) groups is 2. The number of nitro groups is 1. The average Bonchev–Trinajstić information content (AvgIpc) is 3.37. The molecule has 0 bridgehead atoms. The summed E-state index contributed by atoms with van der Waals surface area (Å²) in [5.74, 6) is -1.26. The molecule has 35 heavy (non-hydrogen) atoms. The lowest BCUT2D eigenvalue weighted by atomic mass is 9.90. The predicted octanol–water partition coefficient (Wildman–Crippen LogP) is 4.70. The number of carbonyl (C=O) groups excluding carboxylic acids is 2. The molecule has 2 aliphatic rings. The highest BCUT2D eigenvalue weighted by atomic mass is 35.5. The molecular formula is C25H20ClN3O6. The molecule has 0 radical (unpaired) electrons. The quantitative estimate of drug-likeness (QED) is 0.278. The fraction of sp³-hybridized carbons (Fsp3) is 0.200. The lowest BCUT2D eigenvalue weighted by Crippen LogP contribution is -2.37. The number of halogens is 1. The van der Waals surface area contributed by atoms with Gasteiger partial charge < -0.3 is 4.74 Å². The van der Waals surface area contributed by atoms with Crippen LogP contribution in [0.4, 0.5) is 17.1 Å². The van der Waals surface area contributed by atoms with Crippen molar-refractivity contribution in [2.45, 2.75) is 19.1 Å². The van der Waals surface area contributed by atoms with Gasteiger partial charge in [0.2, 0.25) is 5.91 Å². The molecule has 9 nitrogen and oxygen atoms in total. The first-order valence-corrected chi connectivity index (χ1v) is 11.3. The minimum Gasteiger partial charge on any atom is -0.494 e. The van der Waals surface area contributed by atoms with Gasteiger partial charge in [0.1, 0.15) is 16.7 Å². The van der Waals surface area contributed by atoms with Gasteiger partial charge in [-0.05, 0) is 55.0 Å². The van der Waals surface area contributed by atoms with Crippen molar-refractivity contribution in [1.82, 2.24) is 0 Å². The van der Waals surface area contributed by atoms with Crippen LogP contribution in [-0.2, 0) is 14.4 Å². The molecule has 3 aromatic rings. The Morgan fingerprint density at radius 2 is 1.71 bits per heavy atom. The van der Waals surface area contributed by atoms with Crippen molar-refractivity contribution in [3.05, 3.63) is 93.5 Å². The molecule has 2 aliphatic heterocycles. The number of benzene rings is 3. The van der Waals surface area contributed by atoms with Crippen LogP contribution in [0, 0.1) is 16.0 Å². The number of hydroxylamine groups is 1. The molecule has 10 heteroatoms. The second-order valence-corrected chi connectivity index (χ2v) is 8.47. The van der Waals surface area contributed by atoms with Crippen molar-refractivity contribution in [3.8, 4) is 5.75 Å². The van der Waals surface area contributed by atoms with Crippen molar-refractivity contribution in [3.63, 3.8) is 0 Å². The first-order valence-electron chi connectivity index (χ1n) is 11.0. The number of anilines is 2. The summed E-state index contributed by atoms with van der Waals surface area (Å²) in [6.07, 6.45) is -1.09. The molecule has 0 N–H and O–H groups in total. The zero-order chi connectivity index (χ0) is 24.7. The molecule has 2 amide bonds. The minimum absolute atomic E-state index is 0.0229. The van der Waals surface area contributed by atoms with Crippen LogP contribution < -0.4 is 14.7 Å². The molecule has 0 unspecified atom stereocenters. The monoisotopic (exact) mass is 493 g/mol. The van der Waals surface area contributed by atoms with E-state index in [1.54, 1.807) is 54.6 Å². The van der Waals surface area contributed by atoms with E-state index < -0.39 is 34.8 Å². The molecule has 0 spiro atoms. The lowest BCUT2D eigenvalue weighted by molar-refractivity contribution is -0.384. The van der Waals surface area contributed by atoms with Crippen LogP contribution >= 0.6 is 11.6 Å². The van der Waals surface area contributed by atoms with Crippen molar-refractivity contribution >= 4 is 40.5 Å². The second-order valence-electron chi connectivity index (χ2n) is 8.06. The number of ether oxygens (including phenoxy) is 1. The standard InChI is InChI=1S/C25H20ClN3O6/c1-2-34-18-11-9-16(10-12-18)27-24(30)21-22(15-8-13-19(26)20(14-15)29(32)33)28(35-23(21)25(27)31)17-6-4-3-5-7-17/h3-14,21-23H,2H2,1H3/t21-,22+,23-/m1/s1. The average molecular weight is 494 g/mol. The highest BCUT2D eigenvalue weighted by Gasteiger charge is 2.60. The molecule has 0 saturated carbocycles. The SMILES string of the molecule is CCOc1ccc(N2C(=O)[C@H]3[C@@H](ON(c4ccccc4)[C@H]3c3ccc(Cl)c([N+](=O)[O-])c3)C2=O)cc1. The van der Waals surface area contributed by atoms with Crippen LogP contribution in [0.3, 0.4) is 0 Å². The predicted molar refractivity (Wildman–Crippen MR) is 128 cm³/mol. The number of hydrogen-bond donors (Lipinski definition) is 0. The van der Waals surface area contributed by atoms with E-state index in [4.69, 9.17) is 21.2 Å². The van der Waals surface area contributed by atoms with Gasteiger partial charge in [0.15, 0.2) is 6.10 Å². The smallest absolute Gasteiger partial charge is 0.288 e. The third-order valence-corrected chi connectivity index (χ3v) is 6.36. The highest BCUT2D eigenvalue weighted by molar-refractivity contribution is 6.32. The van der Waals surface area contributed by atoms with E-state index >= 15 is 0 Å². The Hall–Kier alpha value is -3.95. The van der Waals surface area contributed by atoms with Gasteiger partial charge in [0.05, 0.1) is 28.9 Å². The molecule has 178 valence electrons. The van der Waals surface area contributed by atoms with E-state index in [9.17, 15) is 19.7 Å². The first kappa shape index (κ1) is 22.8. The fourth-order valence-corrected chi connectivity index (χ4v) is 4.70. The number of amides is 2. The number of hydrogen-bond acceptors (Lipinski definition) is 7. The van der Waals surface area contributed by atoms with Crippen molar-refractivity contribution in [2.75, 3.05) is 16.6 Å². The second kappa shape index (κ2) is 9.01. The number of rotatable bonds is 6. The molecule has 0 aliphatic carbocycles. The van der Waals surface area contributed by atoms with Crippen molar-refractivity contribution < 1.29 is 24.1 Å². The Kier molecular flexibility index (Phi) is 5.88. The van der Waals surface area contributed by atoms with E-state index in [-0.39, 0.29) is 10.7 Å². The van der Waals surface area contributed by atoms with Crippen LogP contribution in [0.1, 0.15) is 18.5 Å². The number of nitro benzene ring substituents is 1. The Morgan fingerprint density at radius 1 is 1.00 bits per heavy atom. The van der Waals surface area contributed by atoms with Crippen LogP contribution in [-0.4, -0.2) is 29.4 Å². The van der Waals surface area contributed by atoms with E-state index in [2.05, 4.69) is 0 Å². The molecule has 2 saturated heterocycles. The van der Waals surface area contributed by atoms with Gasteiger partial charge in [-0.15, -0.1) is 0 Å². The summed E-state index contributed by atoms with van der Waals surface area (Å²) in [5, 5.41) is 13.0. The summed E-state index contributed by atoms with van der Waals surface area (Å²) in [7, 11) is 0.